The summed E-state index contributed by atoms with van der Waals surface area (Å²) in [6.45, 7) is 0. The third kappa shape index (κ3) is 3.61. The zero-order valence-corrected chi connectivity index (χ0v) is 15.2. The number of fused-ring (bicyclic) bond motifs is 1. The zero-order valence-electron chi connectivity index (χ0n) is 15.2. The van der Waals surface area contributed by atoms with Gasteiger partial charge in [-0.3, -0.25) is 19.9 Å². The second kappa shape index (κ2) is 7.39. The van der Waals surface area contributed by atoms with Gasteiger partial charge in [0.05, 0.1) is 17.6 Å². The number of methoxy groups -OCH3 is 1. The molecule has 144 valence electrons. The van der Waals surface area contributed by atoms with Crippen molar-refractivity contribution in [1.82, 2.24) is 9.97 Å². The summed E-state index contributed by atoms with van der Waals surface area (Å²) in [7, 11) is 1.33. The van der Waals surface area contributed by atoms with E-state index in [1.54, 1.807) is 36.7 Å². The average molecular weight is 390 g/mol. The number of nitrogens with zero attached hydrogens (tertiary/aromatic N) is 3. The van der Waals surface area contributed by atoms with Gasteiger partial charge in [-0.05, 0) is 42.5 Å². The molecule has 2 aromatic heterocycles. The summed E-state index contributed by atoms with van der Waals surface area (Å²) in [5, 5.41) is 13.9. The number of ether oxygens (including phenoxy) is 1. The first-order valence-corrected chi connectivity index (χ1v) is 8.50. The Labute approximate surface area is 164 Å². The zero-order chi connectivity index (χ0) is 20.4. The predicted molar refractivity (Wildman–Crippen MR) is 105 cm³/mol. The molecule has 0 fully saturated rings. The fraction of sp³-hybridized carbons (Fsp3) is 0.0500. The molecule has 0 bridgehead atoms. The number of carbonyl (C=O) groups excluding carboxylic acids is 1. The monoisotopic (exact) mass is 390 g/mol. The van der Waals surface area contributed by atoms with E-state index in [1.807, 2.05) is 6.07 Å². The molecule has 0 saturated heterocycles. The molecule has 4 rings (SSSR count). The lowest BCUT2D eigenvalue weighted by Gasteiger charge is -2.06. The molecule has 0 aliphatic carbocycles. The Hall–Kier alpha value is -4.27. The quantitative estimate of drug-likeness (QED) is 0.403. The van der Waals surface area contributed by atoms with Crippen molar-refractivity contribution in [2.45, 2.75) is 0 Å². The van der Waals surface area contributed by atoms with Gasteiger partial charge in [0.2, 0.25) is 5.89 Å². The standard InChI is InChI=1S/C20H14N4O5/c1-28-18-6-4-12(9-16(18)24(26)27)19(25)22-14-5-7-17-15(10-14)23-20(29-17)13-3-2-8-21-11-13/h2-11H,1H3,(H,22,25). The van der Waals surface area contributed by atoms with Crippen molar-refractivity contribution in [1.29, 1.82) is 0 Å². The third-order valence-corrected chi connectivity index (χ3v) is 4.19. The van der Waals surface area contributed by atoms with Crippen LogP contribution in [0.2, 0.25) is 0 Å². The van der Waals surface area contributed by atoms with E-state index >= 15 is 0 Å². The van der Waals surface area contributed by atoms with Crippen LogP contribution < -0.4 is 10.1 Å². The highest BCUT2D eigenvalue weighted by Crippen LogP contribution is 2.29. The summed E-state index contributed by atoms with van der Waals surface area (Å²) in [5.41, 5.74) is 2.18. The van der Waals surface area contributed by atoms with Gasteiger partial charge in [0.15, 0.2) is 11.3 Å². The average Bonchev–Trinajstić information content (AvgIpc) is 3.17. The molecule has 0 aliphatic heterocycles. The van der Waals surface area contributed by atoms with Crippen LogP contribution in [-0.4, -0.2) is 27.9 Å². The summed E-state index contributed by atoms with van der Waals surface area (Å²) in [6.07, 6.45) is 3.30. The van der Waals surface area contributed by atoms with Crippen LogP contribution in [0.4, 0.5) is 11.4 Å². The number of hydrogen-bond acceptors (Lipinski definition) is 7. The van der Waals surface area contributed by atoms with Crippen molar-refractivity contribution >= 4 is 28.4 Å². The fourth-order valence-corrected chi connectivity index (χ4v) is 2.80. The lowest BCUT2D eigenvalue weighted by molar-refractivity contribution is -0.385. The minimum absolute atomic E-state index is 0.0819. The summed E-state index contributed by atoms with van der Waals surface area (Å²) in [6, 6.07) is 12.6. The van der Waals surface area contributed by atoms with Crippen LogP contribution in [-0.2, 0) is 0 Å². The van der Waals surface area contributed by atoms with Crippen molar-refractivity contribution < 1.29 is 18.9 Å². The van der Waals surface area contributed by atoms with Crippen LogP contribution in [0.25, 0.3) is 22.6 Å². The molecular formula is C20H14N4O5. The van der Waals surface area contributed by atoms with Crippen LogP contribution in [0.3, 0.4) is 0 Å². The molecule has 0 spiro atoms. The number of nitrogens with one attached hydrogen (secondary N) is 1. The maximum atomic E-state index is 12.5. The van der Waals surface area contributed by atoms with E-state index in [1.165, 1.54) is 25.3 Å². The van der Waals surface area contributed by atoms with Gasteiger partial charge in [0, 0.05) is 29.7 Å². The highest BCUT2D eigenvalue weighted by Gasteiger charge is 2.18. The van der Waals surface area contributed by atoms with E-state index in [2.05, 4.69) is 15.3 Å². The predicted octanol–water partition coefficient (Wildman–Crippen LogP) is 4.06. The number of anilines is 1. The maximum Gasteiger partial charge on any atom is 0.311 e. The first-order valence-electron chi connectivity index (χ1n) is 8.50. The Morgan fingerprint density at radius 1 is 1.21 bits per heavy atom. The molecule has 1 amide bonds. The van der Waals surface area contributed by atoms with Gasteiger partial charge < -0.3 is 14.5 Å². The Bertz CT molecular complexity index is 1220. The first-order chi connectivity index (χ1) is 14.0. The largest absolute Gasteiger partial charge is 0.490 e. The van der Waals surface area contributed by atoms with E-state index < -0.39 is 10.8 Å². The highest BCUT2D eigenvalue weighted by atomic mass is 16.6. The number of hydrogen-bond donors (Lipinski definition) is 1. The Morgan fingerprint density at radius 3 is 2.79 bits per heavy atom. The summed E-state index contributed by atoms with van der Waals surface area (Å²) in [5.74, 6) is 0.00642. The SMILES string of the molecule is COc1ccc(C(=O)Nc2ccc3oc(-c4cccnc4)nc3c2)cc1[N+](=O)[O-]. The van der Waals surface area contributed by atoms with Crippen molar-refractivity contribution in [2.24, 2.45) is 0 Å². The summed E-state index contributed by atoms with van der Waals surface area (Å²) in [4.78, 5) is 31.5. The number of nitro benzene ring substituents is 1. The van der Waals surface area contributed by atoms with Crippen molar-refractivity contribution in [3.8, 4) is 17.2 Å². The Balaban J connectivity index is 1.60. The molecule has 0 radical (unpaired) electrons. The lowest BCUT2D eigenvalue weighted by Crippen LogP contribution is -2.12. The Kier molecular flexibility index (Phi) is 4.62. The molecule has 29 heavy (non-hydrogen) atoms. The lowest BCUT2D eigenvalue weighted by atomic mass is 10.1. The van der Waals surface area contributed by atoms with Gasteiger partial charge in [-0.15, -0.1) is 0 Å². The second-order valence-electron chi connectivity index (χ2n) is 6.04. The summed E-state index contributed by atoms with van der Waals surface area (Å²) < 4.78 is 10.7. The van der Waals surface area contributed by atoms with E-state index in [-0.39, 0.29) is 17.0 Å². The maximum absolute atomic E-state index is 12.5. The molecule has 9 nitrogen and oxygen atoms in total. The van der Waals surface area contributed by atoms with Gasteiger partial charge in [0.25, 0.3) is 5.91 Å². The van der Waals surface area contributed by atoms with E-state index in [0.29, 0.717) is 22.7 Å². The van der Waals surface area contributed by atoms with Gasteiger partial charge >= 0.3 is 5.69 Å². The normalized spacial score (nSPS) is 10.7. The highest BCUT2D eigenvalue weighted by molar-refractivity contribution is 6.05. The Morgan fingerprint density at radius 2 is 2.07 bits per heavy atom. The molecule has 2 aromatic carbocycles. The summed E-state index contributed by atoms with van der Waals surface area (Å²) >= 11 is 0. The van der Waals surface area contributed by atoms with Crippen molar-refractivity contribution in [2.75, 3.05) is 12.4 Å². The van der Waals surface area contributed by atoms with Crippen LogP contribution in [0.5, 0.6) is 5.75 Å². The third-order valence-electron chi connectivity index (χ3n) is 4.19. The molecule has 4 aromatic rings. The van der Waals surface area contributed by atoms with Gasteiger partial charge in [-0.1, -0.05) is 0 Å². The van der Waals surface area contributed by atoms with Gasteiger partial charge in [-0.2, -0.15) is 0 Å². The number of amides is 1. The van der Waals surface area contributed by atoms with E-state index in [0.717, 1.165) is 5.56 Å². The van der Waals surface area contributed by atoms with Crippen LogP contribution in [0.1, 0.15) is 10.4 Å². The number of oxazole rings is 1. The number of carbonyl (C=O) groups is 1. The van der Waals surface area contributed by atoms with E-state index in [4.69, 9.17) is 9.15 Å². The number of pyridine rings is 1. The number of benzene rings is 2. The minimum atomic E-state index is -0.600. The second-order valence-corrected chi connectivity index (χ2v) is 6.04. The number of nitro groups is 1. The molecule has 0 aliphatic rings. The van der Waals surface area contributed by atoms with E-state index in [9.17, 15) is 14.9 Å². The minimum Gasteiger partial charge on any atom is -0.490 e. The molecule has 0 unspecified atom stereocenters. The topological polar surface area (TPSA) is 120 Å². The molecule has 0 saturated carbocycles. The fourth-order valence-electron chi connectivity index (χ4n) is 2.80. The molecule has 2 heterocycles. The smallest absolute Gasteiger partial charge is 0.311 e. The number of rotatable bonds is 5. The van der Waals surface area contributed by atoms with Gasteiger partial charge in [0.1, 0.15) is 5.52 Å². The van der Waals surface area contributed by atoms with Gasteiger partial charge in [-0.25, -0.2) is 4.98 Å². The van der Waals surface area contributed by atoms with Crippen molar-refractivity contribution in [3.05, 3.63) is 76.6 Å². The molecule has 0 atom stereocenters. The van der Waals surface area contributed by atoms with Crippen LogP contribution in [0, 0.1) is 10.1 Å². The molecular weight excluding hydrogens is 376 g/mol. The van der Waals surface area contributed by atoms with Crippen molar-refractivity contribution in [3.63, 3.8) is 0 Å². The number of aromatic nitrogens is 2. The van der Waals surface area contributed by atoms with Crippen LogP contribution in [0.15, 0.2) is 65.3 Å². The molecule has 1 N–H and O–H groups in total. The molecule has 9 heteroatoms. The first kappa shape index (κ1) is 18.1. The van der Waals surface area contributed by atoms with Crippen LogP contribution >= 0.6 is 0 Å².